The molecule has 1 atom stereocenters. The molecule has 0 radical (unpaired) electrons. The van der Waals surface area contributed by atoms with Crippen molar-refractivity contribution in [1.82, 2.24) is 3.26 Å². The Bertz CT molecular complexity index is 908. The molecule has 0 amide bonds. The molecule has 1 aromatic heterocycles. The van der Waals surface area contributed by atoms with Crippen LogP contribution < -0.4 is 3.26 Å². The number of halogens is 3. The number of nitrogens with one attached hydrogen (secondary N) is 1. The SMILES string of the molecule is CC1=Cc2sc3cccc(I)c3c2[CH]1[Zr]([CH3])([CH3])(=[SiH2])[NH]C(C)(C)C.Cl.Cl. The zero-order valence-electron chi connectivity index (χ0n) is 15.7. The zero-order chi connectivity index (χ0) is 17.2. The molecule has 1 aromatic carbocycles. The molecule has 1 nitrogen and oxygen atoms in total. The summed E-state index contributed by atoms with van der Waals surface area (Å²) in [4.78, 5) is 1.50. The van der Waals surface area contributed by atoms with Crippen LogP contribution in [0.1, 0.15) is 41.8 Å². The van der Waals surface area contributed by atoms with E-state index in [1.54, 1.807) is 11.1 Å². The van der Waals surface area contributed by atoms with Crippen LogP contribution in [0.2, 0.25) is 9.26 Å². The predicted molar refractivity (Wildman–Crippen MR) is 129 cm³/mol. The van der Waals surface area contributed by atoms with Crippen molar-refractivity contribution in [3.8, 4) is 0 Å². The molecule has 1 N–H and O–H groups in total. The minimum absolute atomic E-state index is 0. The summed E-state index contributed by atoms with van der Waals surface area (Å²) in [6.07, 6.45) is 2.46. The molecule has 1 aliphatic carbocycles. The molecule has 0 saturated heterocycles. The van der Waals surface area contributed by atoms with Crippen LogP contribution in [0.25, 0.3) is 16.2 Å². The number of allylic oxidation sites excluding steroid dienone is 1. The van der Waals surface area contributed by atoms with Gasteiger partial charge in [-0.15, -0.1) is 24.8 Å². The van der Waals surface area contributed by atoms with Gasteiger partial charge in [-0.1, -0.05) is 0 Å². The summed E-state index contributed by atoms with van der Waals surface area (Å²) in [5.41, 5.74) is 3.35. The summed E-state index contributed by atoms with van der Waals surface area (Å²) in [6, 6.07) is 6.72. The monoisotopic (exact) mass is 605 g/mol. The van der Waals surface area contributed by atoms with Crippen LogP contribution in [0.3, 0.4) is 0 Å². The Kier molecular flexibility index (Phi) is 7.40. The Morgan fingerprint density at radius 3 is 2.36 bits per heavy atom. The van der Waals surface area contributed by atoms with E-state index in [9.17, 15) is 0 Å². The van der Waals surface area contributed by atoms with Gasteiger partial charge in [-0.3, -0.25) is 0 Å². The summed E-state index contributed by atoms with van der Waals surface area (Å²) in [7, 11) is 0. The second-order valence-electron chi connectivity index (χ2n) is 9.00. The maximum absolute atomic E-state index is 4.14. The van der Waals surface area contributed by atoms with Crippen molar-refractivity contribution in [1.29, 1.82) is 0 Å². The largest absolute Gasteiger partial charge is 0.147 e. The molecular weight excluding hydrogens is 579 g/mol. The van der Waals surface area contributed by atoms with Crippen molar-refractivity contribution in [3.05, 3.63) is 37.8 Å². The fourth-order valence-corrected chi connectivity index (χ4v) is 26.5. The number of hydrogen-bond donors (Lipinski definition) is 1. The molecule has 140 valence electrons. The number of hydrogen-bond acceptors (Lipinski definition) is 2. The smallest absolute Gasteiger partial charge is 0.147 e. The molecule has 7 heteroatoms. The maximum Gasteiger partial charge on any atom is -0.147 e. The van der Waals surface area contributed by atoms with Crippen molar-refractivity contribution in [2.75, 3.05) is 0 Å². The van der Waals surface area contributed by atoms with Gasteiger partial charge in [-0.05, 0) is 0 Å². The van der Waals surface area contributed by atoms with Crippen LogP contribution in [0.5, 0.6) is 0 Å². The normalized spacial score (nSPS) is 17.6. The second kappa shape index (κ2) is 7.61. The molecule has 0 saturated carbocycles. The summed E-state index contributed by atoms with van der Waals surface area (Å²) < 4.78 is 12.8. The van der Waals surface area contributed by atoms with Gasteiger partial charge in [-0.2, -0.15) is 0 Å². The predicted octanol–water partition coefficient (Wildman–Crippen LogP) is 6.44. The molecular formula is C18H28Cl2INSSiZr. The van der Waals surface area contributed by atoms with E-state index >= 15 is 0 Å². The third-order valence-corrected chi connectivity index (χ3v) is 20.3. The molecule has 0 aliphatic heterocycles. The van der Waals surface area contributed by atoms with Gasteiger partial charge < -0.3 is 0 Å². The van der Waals surface area contributed by atoms with Gasteiger partial charge in [0, 0.05) is 0 Å². The van der Waals surface area contributed by atoms with Gasteiger partial charge in [0.1, 0.15) is 0 Å². The van der Waals surface area contributed by atoms with Crippen molar-refractivity contribution < 1.29 is 17.7 Å². The Morgan fingerprint density at radius 1 is 1.20 bits per heavy atom. The van der Waals surface area contributed by atoms with Gasteiger partial charge in [0.2, 0.25) is 0 Å². The molecule has 0 fully saturated rings. The van der Waals surface area contributed by atoms with Crippen molar-refractivity contribution >= 4 is 81.8 Å². The van der Waals surface area contributed by atoms with Crippen LogP contribution >= 0.6 is 58.7 Å². The molecule has 1 unspecified atom stereocenters. The van der Waals surface area contributed by atoms with E-state index in [2.05, 4.69) is 94.0 Å². The second-order valence-corrected chi connectivity index (χ2v) is 40.0. The van der Waals surface area contributed by atoms with Crippen LogP contribution in [-0.4, -0.2) is 12.4 Å². The summed E-state index contributed by atoms with van der Waals surface area (Å²) in [5, 5.41) is 1.51. The van der Waals surface area contributed by atoms with Crippen molar-refractivity contribution in [2.24, 2.45) is 0 Å². The average molecular weight is 608 g/mol. The standard InChI is InChI=1S/C12H8IS.C4H10N.2CH3.2ClH.H2Si.Zr/c1-7-5-8-11(6-7)14-10-4-2-3-9(13)12(8)10;1-4(2,3)5;;;;;;/h2-6H,1H3;5H,1-3H3;2*1H3;2*1H;1H2;/q;-1;;;;;;+1. The number of fused-ring (bicyclic) bond motifs is 3. The first-order valence-corrected chi connectivity index (χ1v) is 23.5. The van der Waals surface area contributed by atoms with Crippen LogP contribution in [0.4, 0.5) is 0 Å². The van der Waals surface area contributed by atoms with E-state index in [0.717, 1.165) is 0 Å². The first-order valence-electron chi connectivity index (χ1n) is 8.14. The zero-order valence-corrected chi connectivity index (χ0v) is 24.2. The quantitative estimate of drug-likeness (QED) is 0.306. The van der Waals surface area contributed by atoms with E-state index in [4.69, 9.17) is 0 Å². The average Bonchev–Trinajstić information content (AvgIpc) is 2.78. The van der Waals surface area contributed by atoms with Crippen molar-refractivity contribution in [3.63, 3.8) is 0 Å². The first-order chi connectivity index (χ1) is 10.4. The Balaban J connectivity index is 0.00000156. The molecule has 0 bridgehead atoms. The van der Waals surface area contributed by atoms with Crippen LogP contribution in [-0.2, 0) is 17.7 Å². The molecule has 0 spiro atoms. The molecule has 1 aliphatic rings. The summed E-state index contributed by atoms with van der Waals surface area (Å²) in [5.74, 6) is 0. The Morgan fingerprint density at radius 2 is 1.80 bits per heavy atom. The van der Waals surface area contributed by atoms with Gasteiger partial charge in [0.25, 0.3) is 0 Å². The van der Waals surface area contributed by atoms with E-state index < -0.39 is 17.7 Å². The maximum atomic E-state index is 4.14. The molecule has 1 heterocycles. The molecule has 25 heavy (non-hydrogen) atoms. The van der Waals surface area contributed by atoms with Crippen LogP contribution in [0, 0.1) is 3.57 Å². The van der Waals surface area contributed by atoms with E-state index in [-0.39, 0.29) is 30.4 Å². The van der Waals surface area contributed by atoms with E-state index in [1.165, 1.54) is 18.5 Å². The Hall–Kier alpha value is 1.29. The molecule has 2 aromatic rings. The fourth-order valence-electron chi connectivity index (χ4n) is 4.56. The minimum Gasteiger partial charge on any atom is -0.147 e. The first kappa shape index (κ1) is 24.3. The number of benzene rings is 1. The third-order valence-electron chi connectivity index (χ3n) is 4.54. The van der Waals surface area contributed by atoms with Gasteiger partial charge in [0.05, 0.1) is 0 Å². The topological polar surface area (TPSA) is 12.0 Å². The third kappa shape index (κ3) is 4.65. The van der Waals surface area contributed by atoms with Gasteiger partial charge in [0.15, 0.2) is 0 Å². The summed E-state index contributed by atoms with van der Waals surface area (Å²) in [6.45, 7) is 11.6. The minimum atomic E-state index is -3.13. The van der Waals surface area contributed by atoms with Crippen LogP contribution in [0.15, 0.2) is 23.8 Å². The fraction of sp³-hybridized carbons (Fsp3) is 0.444. The van der Waals surface area contributed by atoms with Gasteiger partial charge >= 0.3 is 162 Å². The van der Waals surface area contributed by atoms with E-state index in [1.807, 2.05) is 11.3 Å². The number of thiophene rings is 1. The van der Waals surface area contributed by atoms with E-state index in [0.29, 0.717) is 3.63 Å². The van der Waals surface area contributed by atoms with Crippen molar-refractivity contribution in [2.45, 2.75) is 46.1 Å². The Labute approximate surface area is 184 Å². The number of rotatable bonds is 2. The van der Waals surface area contributed by atoms with Gasteiger partial charge in [-0.25, -0.2) is 0 Å². The molecule has 3 rings (SSSR count). The summed E-state index contributed by atoms with van der Waals surface area (Å²) >= 11 is 1.36.